The molecule has 0 bridgehead atoms. The summed E-state index contributed by atoms with van der Waals surface area (Å²) < 4.78 is 11.2. The van der Waals surface area contributed by atoms with Crippen molar-refractivity contribution in [1.29, 1.82) is 5.26 Å². The molecule has 1 aromatic heterocycles. The maximum atomic E-state index is 11.6. The first-order valence-electron chi connectivity index (χ1n) is 8.73. The minimum atomic E-state index is -1.36. The number of aliphatic carboxylic acids is 1. The number of benzene rings is 2. The molecule has 0 aliphatic rings. The number of thioether (sulfide) groups is 1. The number of carbonyl (C=O) groups is 1. The number of nitriles is 1. The molecule has 146 valence electrons. The number of ether oxygens (including phenoxy) is 1. The Morgan fingerprint density at radius 3 is 2.72 bits per heavy atom. The van der Waals surface area contributed by atoms with E-state index in [4.69, 9.17) is 9.15 Å². The zero-order valence-corrected chi connectivity index (χ0v) is 16.3. The summed E-state index contributed by atoms with van der Waals surface area (Å²) in [4.78, 5) is 11.5. The Balaban J connectivity index is 1.83. The van der Waals surface area contributed by atoms with Gasteiger partial charge in [0.15, 0.2) is 0 Å². The van der Waals surface area contributed by atoms with Crippen LogP contribution in [0.25, 0.3) is 6.08 Å². The highest BCUT2D eigenvalue weighted by Crippen LogP contribution is 2.30. The predicted molar refractivity (Wildman–Crippen MR) is 104 cm³/mol. The molecule has 0 aliphatic carbocycles. The van der Waals surface area contributed by atoms with Crippen molar-refractivity contribution >= 4 is 23.8 Å². The normalized spacial score (nSPS) is 11.1. The van der Waals surface area contributed by atoms with Gasteiger partial charge >= 0.3 is 0 Å². The smallest absolute Gasteiger partial charge is 0.281 e. The third-order valence-electron chi connectivity index (χ3n) is 3.88. The molecule has 7 nitrogen and oxygen atoms in total. The Labute approximate surface area is 171 Å². The van der Waals surface area contributed by atoms with E-state index in [9.17, 15) is 15.2 Å². The Hall–Kier alpha value is -3.57. The van der Waals surface area contributed by atoms with Crippen molar-refractivity contribution in [1.82, 2.24) is 10.2 Å². The number of carbonyl (C=O) groups excluding carboxylic acids is 1. The number of aryl methyl sites for hydroxylation is 1. The number of carboxylic acid groups (broad SMARTS) is 1. The van der Waals surface area contributed by atoms with Gasteiger partial charge in [0, 0.05) is 22.5 Å². The van der Waals surface area contributed by atoms with Crippen LogP contribution in [0.4, 0.5) is 0 Å². The van der Waals surface area contributed by atoms with E-state index in [0.717, 1.165) is 17.3 Å². The molecule has 0 saturated heterocycles. The van der Waals surface area contributed by atoms with E-state index in [1.165, 1.54) is 6.08 Å². The molecule has 29 heavy (non-hydrogen) atoms. The van der Waals surface area contributed by atoms with Crippen LogP contribution in [0.3, 0.4) is 0 Å². The number of aromatic nitrogens is 2. The number of rotatable bonds is 8. The molecular formula is C21H16N3O4S-. The van der Waals surface area contributed by atoms with Crippen molar-refractivity contribution < 1.29 is 19.1 Å². The summed E-state index contributed by atoms with van der Waals surface area (Å²) in [5, 5.41) is 28.6. The molecule has 0 amide bonds. The lowest BCUT2D eigenvalue weighted by Gasteiger charge is -2.12. The molecule has 3 aromatic rings. The van der Waals surface area contributed by atoms with Crippen molar-refractivity contribution in [2.75, 3.05) is 0 Å². The monoisotopic (exact) mass is 406 g/mol. The first-order chi connectivity index (χ1) is 14.1. The van der Waals surface area contributed by atoms with Crippen LogP contribution in [0.2, 0.25) is 0 Å². The summed E-state index contributed by atoms with van der Waals surface area (Å²) in [6.45, 7) is 2.03. The molecule has 8 heteroatoms. The van der Waals surface area contributed by atoms with Crippen molar-refractivity contribution in [3.8, 4) is 11.8 Å². The molecular weight excluding hydrogens is 390 g/mol. The Bertz CT molecular complexity index is 1090. The summed E-state index contributed by atoms with van der Waals surface area (Å²) in [6.07, 6.45) is 1.99. The molecule has 0 fully saturated rings. The van der Waals surface area contributed by atoms with Gasteiger partial charge in [0.1, 0.15) is 12.4 Å². The average Bonchev–Trinajstić information content (AvgIpc) is 3.20. The van der Waals surface area contributed by atoms with Gasteiger partial charge in [0.05, 0.1) is 17.6 Å². The standard InChI is InChI=1S/C21H17N3O4S/c1-2-19-23-24-21(28-19)29-18(20(25)26)11-14-7-5-6-10-17(14)27-13-16-9-4-3-8-15(16)12-22/h3-11H,2,13H2,1H3,(H,25,26)/p-1/b18-11-. The highest BCUT2D eigenvalue weighted by atomic mass is 32.2. The largest absolute Gasteiger partial charge is 0.544 e. The predicted octanol–water partition coefficient (Wildman–Crippen LogP) is 2.97. The first-order valence-corrected chi connectivity index (χ1v) is 9.55. The zero-order chi connectivity index (χ0) is 20.6. The van der Waals surface area contributed by atoms with E-state index >= 15 is 0 Å². The van der Waals surface area contributed by atoms with Crippen LogP contribution in [-0.2, 0) is 17.8 Å². The highest BCUT2D eigenvalue weighted by Gasteiger charge is 2.12. The van der Waals surface area contributed by atoms with Gasteiger partial charge in [-0.3, -0.25) is 0 Å². The van der Waals surface area contributed by atoms with Gasteiger partial charge in [0.2, 0.25) is 5.89 Å². The maximum Gasteiger partial charge on any atom is 0.281 e. The van der Waals surface area contributed by atoms with Crippen LogP contribution in [0.5, 0.6) is 5.75 Å². The molecule has 0 unspecified atom stereocenters. The second-order valence-electron chi connectivity index (χ2n) is 5.81. The summed E-state index contributed by atoms with van der Waals surface area (Å²) >= 11 is 0.817. The van der Waals surface area contributed by atoms with E-state index in [1.807, 2.05) is 13.0 Å². The number of para-hydroxylation sites is 1. The van der Waals surface area contributed by atoms with Gasteiger partial charge in [-0.25, -0.2) is 0 Å². The van der Waals surface area contributed by atoms with E-state index < -0.39 is 5.97 Å². The van der Waals surface area contributed by atoms with Crippen molar-refractivity contribution in [3.05, 3.63) is 76.0 Å². The van der Waals surface area contributed by atoms with Crippen LogP contribution < -0.4 is 9.84 Å². The number of hydrogen-bond acceptors (Lipinski definition) is 8. The van der Waals surface area contributed by atoms with Gasteiger partial charge in [-0.1, -0.05) is 43.3 Å². The second-order valence-corrected chi connectivity index (χ2v) is 6.80. The van der Waals surface area contributed by atoms with Crippen LogP contribution >= 0.6 is 11.8 Å². The lowest BCUT2D eigenvalue weighted by atomic mass is 10.1. The van der Waals surface area contributed by atoms with Crippen molar-refractivity contribution in [2.45, 2.75) is 25.2 Å². The van der Waals surface area contributed by atoms with Crippen molar-refractivity contribution in [3.63, 3.8) is 0 Å². The zero-order valence-electron chi connectivity index (χ0n) is 15.5. The number of carboxylic acids is 1. The highest BCUT2D eigenvalue weighted by molar-refractivity contribution is 8.03. The summed E-state index contributed by atoms with van der Waals surface area (Å²) in [7, 11) is 0. The minimum Gasteiger partial charge on any atom is -0.544 e. The summed E-state index contributed by atoms with van der Waals surface area (Å²) in [5.41, 5.74) is 1.81. The third kappa shape index (κ3) is 5.24. The molecule has 3 rings (SSSR count). The quantitative estimate of drug-likeness (QED) is 0.414. The van der Waals surface area contributed by atoms with Crippen LogP contribution in [-0.4, -0.2) is 16.2 Å². The Morgan fingerprint density at radius 2 is 2.00 bits per heavy atom. The fourth-order valence-electron chi connectivity index (χ4n) is 2.43. The van der Waals surface area contributed by atoms with Crippen LogP contribution in [0, 0.1) is 11.3 Å². The molecule has 1 heterocycles. The number of nitrogens with zero attached hydrogens (tertiary/aromatic N) is 3. The fraction of sp³-hybridized carbons (Fsp3) is 0.143. The van der Waals surface area contributed by atoms with E-state index in [2.05, 4.69) is 16.3 Å². The van der Waals surface area contributed by atoms with Gasteiger partial charge in [-0.2, -0.15) is 5.26 Å². The van der Waals surface area contributed by atoms with E-state index in [1.54, 1.807) is 42.5 Å². The van der Waals surface area contributed by atoms with Gasteiger partial charge in [-0.15, -0.1) is 10.2 Å². The molecule has 0 spiro atoms. The van der Waals surface area contributed by atoms with Gasteiger partial charge in [-0.05, 0) is 30.0 Å². The topological polar surface area (TPSA) is 112 Å². The molecule has 0 radical (unpaired) electrons. The van der Waals surface area contributed by atoms with Crippen LogP contribution in [0.1, 0.15) is 29.5 Å². The summed E-state index contributed by atoms with van der Waals surface area (Å²) in [5.74, 6) is -0.472. The molecule has 2 aromatic carbocycles. The molecule has 0 N–H and O–H groups in total. The summed E-state index contributed by atoms with van der Waals surface area (Å²) in [6, 6.07) is 16.2. The lowest BCUT2D eigenvalue weighted by molar-refractivity contribution is -0.298. The average molecular weight is 406 g/mol. The SMILES string of the molecule is CCc1nnc(S/C(=C\c2ccccc2OCc2ccccc2C#N)C(=O)[O-])o1. The lowest BCUT2D eigenvalue weighted by Crippen LogP contribution is -2.23. The fourth-order valence-corrected chi connectivity index (χ4v) is 3.11. The first kappa shape index (κ1) is 20.2. The minimum absolute atomic E-state index is 0.0928. The third-order valence-corrected chi connectivity index (χ3v) is 4.72. The van der Waals surface area contributed by atoms with Crippen LogP contribution in [0.15, 0.2) is 63.1 Å². The van der Waals surface area contributed by atoms with Crippen molar-refractivity contribution in [2.24, 2.45) is 0 Å². The molecule has 0 aliphatic heterocycles. The maximum absolute atomic E-state index is 11.6. The second kappa shape index (κ2) is 9.57. The number of hydrogen-bond donors (Lipinski definition) is 0. The van der Waals surface area contributed by atoms with E-state index in [0.29, 0.717) is 29.2 Å². The Kier molecular flexibility index (Phi) is 6.66. The molecule has 0 saturated carbocycles. The molecule has 0 atom stereocenters. The van der Waals surface area contributed by atoms with E-state index in [-0.39, 0.29) is 16.7 Å². The Morgan fingerprint density at radius 1 is 1.24 bits per heavy atom. The van der Waals surface area contributed by atoms with Gasteiger partial charge in [0.25, 0.3) is 5.22 Å². The van der Waals surface area contributed by atoms with Gasteiger partial charge < -0.3 is 19.1 Å².